The fourth-order valence-corrected chi connectivity index (χ4v) is 5.61. The second kappa shape index (κ2) is 11.6. The highest BCUT2D eigenvalue weighted by atomic mass is 35.5. The van der Waals surface area contributed by atoms with Crippen LogP contribution in [0, 0.1) is 0 Å². The number of carbonyl (C=O) groups is 1. The van der Waals surface area contributed by atoms with Gasteiger partial charge in [0.2, 0.25) is 0 Å². The number of likely N-dealkylation sites (tertiary alicyclic amines) is 1. The molecule has 1 saturated heterocycles. The number of phenolic OH excluding ortho intramolecular Hbond substituents is 1. The Morgan fingerprint density at radius 1 is 1.10 bits per heavy atom. The van der Waals surface area contributed by atoms with Crippen molar-refractivity contribution in [2.75, 3.05) is 31.1 Å². The summed E-state index contributed by atoms with van der Waals surface area (Å²) >= 11 is 12.1. The van der Waals surface area contributed by atoms with Gasteiger partial charge in [-0.15, -0.1) is 0 Å². The lowest BCUT2D eigenvalue weighted by Crippen LogP contribution is -2.49. The number of anilines is 2. The molecule has 0 radical (unpaired) electrons. The number of para-hydroxylation sites is 1. The fourth-order valence-electron chi connectivity index (χ4n) is 5.25. The van der Waals surface area contributed by atoms with Crippen molar-refractivity contribution in [3.05, 3.63) is 76.3 Å². The van der Waals surface area contributed by atoms with Crippen LogP contribution < -0.4 is 14.4 Å². The molecule has 218 valence electrons. The average molecular weight is 611 g/mol. The second-order valence-corrected chi connectivity index (χ2v) is 11.1. The number of rotatable bonds is 7. The molecule has 12 heteroatoms. The molecule has 2 N–H and O–H groups in total. The number of hydrogen-bond donors (Lipinski definition) is 2. The van der Waals surface area contributed by atoms with Crippen molar-refractivity contribution in [3.63, 3.8) is 0 Å². The van der Waals surface area contributed by atoms with Crippen LogP contribution in [-0.4, -0.2) is 65.1 Å². The number of hydrogen-bond acceptors (Lipinski definition) is 6. The van der Waals surface area contributed by atoms with Crippen LogP contribution in [0.3, 0.4) is 0 Å². The zero-order valence-electron chi connectivity index (χ0n) is 21.7. The fraction of sp³-hybridized carbons (Fsp3) is 0.345. The number of piperidine rings is 1. The summed E-state index contributed by atoms with van der Waals surface area (Å²) in [6.45, 7) is 1.26. The molecule has 1 spiro atoms. The molecular weight excluding hydrogens is 584 g/mol. The van der Waals surface area contributed by atoms with Crippen LogP contribution in [0.5, 0.6) is 17.2 Å². The first-order valence-corrected chi connectivity index (χ1v) is 13.7. The highest BCUT2D eigenvalue weighted by Crippen LogP contribution is 2.43. The summed E-state index contributed by atoms with van der Waals surface area (Å²) in [6.07, 6.45) is -3.97. The minimum atomic E-state index is -5.21. The number of amides is 1. The molecule has 5 rings (SSSR count). The Morgan fingerprint density at radius 2 is 1.80 bits per heavy atom. The van der Waals surface area contributed by atoms with Crippen molar-refractivity contribution in [3.8, 4) is 17.2 Å². The molecule has 0 aromatic heterocycles. The molecule has 2 aliphatic heterocycles. The van der Waals surface area contributed by atoms with Crippen molar-refractivity contribution >= 4 is 40.5 Å². The Kier molecular flexibility index (Phi) is 8.29. The van der Waals surface area contributed by atoms with Crippen LogP contribution in [0.15, 0.2) is 60.7 Å². The van der Waals surface area contributed by atoms with Crippen LogP contribution in [0.25, 0.3) is 0 Å². The molecule has 2 aliphatic rings. The molecule has 0 aliphatic carbocycles. The van der Waals surface area contributed by atoms with Crippen molar-refractivity contribution in [2.45, 2.75) is 37.1 Å². The van der Waals surface area contributed by atoms with Gasteiger partial charge in [-0.05, 0) is 42.0 Å². The summed E-state index contributed by atoms with van der Waals surface area (Å²) in [4.78, 5) is 15.0. The molecule has 41 heavy (non-hydrogen) atoms. The molecular formula is C29H27Cl2F3N2O5. The van der Waals surface area contributed by atoms with Crippen molar-refractivity contribution < 1.29 is 37.7 Å². The number of alkyl halides is 3. The SMILES string of the molecule is O=C(N(c1ccccc1)c1cc(Cl)c(O)cc1OC[C@H](O)CN1CCC2(CC1)Cc1cc(Cl)ccc1O2)C(F)(F)F. The van der Waals surface area contributed by atoms with Crippen LogP contribution >= 0.6 is 23.2 Å². The third-order valence-corrected chi connectivity index (χ3v) is 7.80. The maximum absolute atomic E-state index is 13.6. The first kappa shape index (κ1) is 29.3. The Labute approximate surface area is 244 Å². The number of aliphatic hydroxyl groups excluding tert-OH is 1. The number of nitrogens with zero attached hydrogens (tertiary/aromatic N) is 2. The highest BCUT2D eigenvalue weighted by Gasteiger charge is 2.45. The van der Waals surface area contributed by atoms with E-state index in [0.717, 1.165) is 42.7 Å². The van der Waals surface area contributed by atoms with Gasteiger partial charge in [0.1, 0.15) is 35.6 Å². The first-order chi connectivity index (χ1) is 19.4. The van der Waals surface area contributed by atoms with E-state index in [1.54, 1.807) is 12.1 Å². The summed E-state index contributed by atoms with van der Waals surface area (Å²) in [6, 6.07) is 14.8. The normalized spacial score (nSPS) is 17.1. The second-order valence-electron chi connectivity index (χ2n) is 10.2. The van der Waals surface area contributed by atoms with E-state index in [0.29, 0.717) is 23.0 Å². The summed E-state index contributed by atoms with van der Waals surface area (Å²) in [5.74, 6) is -2.03. The highest BCUT2D eigenvalue weighted by molar-refractivity contribution is 6.32. The summed E-state index contributed by atoms with van der Waals surface area (Å²) in [7, 11) is 0. The van der Waals surface area contributed by atoms with Gasteiger partial charge in [-0.1, -0.05) is 41.4 Å². The molecule has 0 saturated carbocycles. The molecule has 2 heterocycles. The number of carbonyl (C=O) groups excluding carboxylic acids is 1. The predicted molar refractivity (Wildman–Crippen MR) is 148 cm³/mol. The largest absolute Gasteiger partial charge is 0.506 e. The smallest absolute Gasteiger partial charge is 0.472 e. The Hall–Kier alpha value is -3.18. The van der Waals surface area contributed by atoms with Crippen LogP contribution in [0.4, 0.5) is 24.5 Å². The van der Waals surface area contributed by atoms with E-state index in [-0.39, 0.29) is 40.9 Å². The van der Waals surface area contributed by atoms with Gasteiger partial charge in [0.05, 0.1) is 10.7 Å². The predicted octanol–water partition coefficient (Wildman–Crippen LogP) is 6.14. The zero-order chi connectivity index (χ0) is 29.4. The van der Waals surface area contributed by atoms with E-state index in [9.17, 15) is 28.2 Å². The average Bonchev–Trinajstić information content (AvgIpc) is 3.28. The lowest BCUT2D eigenvalue weighted by atomic mass is 9.87. The number of halogens is 5. The third-order valence-electron chi connectivity index (χ3n) is 7.26. The minimum Gasteiger partial charge on any atom is -0.506 e. The van der Waals surface area contributed by atoms with Crippen molar-refractivity contribution in [1.82, 2.24) is 4.90 Å². The molecule has 0 bridgehead atoms. The number of fused-ring (bicyclic) bond motifs is 1. The van der Waals surface area contributed by atoms with Gasteiger partial charge < -0.3 is 24.6 Å². The number of aliphatic hydroxyl groups is 1. The first-order valence-electron chi connectivity index (χ1n) is 12.9. The molecule has 1 fully saturated rings. The molecule has 1 amide bonds. The number of aromatic hydroxyl groups is 1. The van der Waals surface area contributed by atoms with Gasteiger partial charge in [-0.25, -0.2) is 0 Å². The maximum atomic E-state index is 13.6. The van der Waals surface area contributed by atoms with E-state index < -0.39 is 23.9 Å². The van der Waals surface area contributed by atoms with E-state index in [1.807, 2.05) is 12.1 Å². The number of benzene rings is 3. The van der Waals surface area contributed by atoms with Gasteiger partial charge in [-0.2, -0.15) is 13.2 Å². The summed E-state index contributed by atoms with van der Waals surface area (Å²) in [5.41, 5.74) is 0.358. The summed E-state index contributed by atoms with van der Waals surface area (Å²) < 4.78 is 52.7. The molecule has 1 atom stereocenters. The number of ether oxygens (including phenoxy) is 2. The molecule has 0 unspecified atom stereocenters. The Bertz CT molecular complexity index is 1420. The van der Waals surface area contributed by atoms with E-state index in [4.69, 9.17) is 32.7 Å². The van der Waals surface area contributed by atoms with Crippen molar-refractivity contribution in [1.29, 1.82) is 0 Å². The van der Waals surface area contributed by atoms with E-state index in [1.165, 1.54) is 24.3 Å². The third kappa shape index (κ3) is 6.51. The van der Waals surface area contributed by atoms with Gasteiger partial charge in [-0.3, -0.25) is 9.69 Å². The number of phenols is 1. The van der Waals surface area contributed by atoms with Gasteiger partial charge >= 0.3 is 12.1 Å². The van der Waals surface area contributed by atoms with Crippen LogP contribution in [0.1, 0.15) is 18.4 Å². The van der Waals surface area contributed by atoms with Crippen molar-refractivity contribution in [2.24, 2.45) is 0 Å². The lowest BCUT2D eigenvalue weighted by molar-refractivity contribution is -0.169. The Balaban J connectivity index is 1.26. The Morgan fingerprint density at radius 3 is 2.49 bits per heavy atom. The minimum absolute atomic E-state index is 0.0808. The zero-order valence-corrected chi connectivity index (χ0v) is 23.2. The lowest BCUT2D eigenvalue weighted by Gasteiger charge is -2.39. The van der Waals surface area contributed by atoms with E-state index >= 15 is 0 Å². The van der Waals surface area contributed by atoms with Gasteiger partial charge in [0.15, 0.2) is 0 Å². The standard InChI is InChI=1S/C29H27Cl2F3N2O5/c30-19-6-7-25-18(12-19)15-28(41-25)8-10-35(11-9-28)16-21(37)17-40-26-14-24(38)22(31)13-23(26)36(27(39)29(32,33)34)20-4-2-1-3-5-20/h1-7,12-14,21,37-38H,8-11,15-17H2/t21-/m1/s1. The quantitative estimate of drug-likeness (QED) is 0.335. The van der Waals surface area contributed by atoms with Crippen LogP contribution in [0.2, 0.25) is 10.0 Å². The van der Waals surface area contributed by atoms with E-state index in [2.05, 4.69) is 4.90 Å². The van der Waals surface area contributed by atoms with Gasteiger partial charge in [0.25, 0.3) is 0 Å². The number of β-amino-alcohol motifs (C(OH)–C–C–N with tert-alkyl or cyclic N) is 1. The summed E-state index contributed by atoms with van der Waals surface area (Å²) in [5, 5.41) is 21.3. The molecule has 3 aromatic rings. The molecule has 7 nitrogen and oxygen atoms in total. The maximum Gasteiger partial charge on any atom is 0.472 e. The topological polar surface area (TPSA) is 82.5 Å². The van der Waals surface area contributed by atoms with Crippen LogP contribution in [-0.2, 0) is 11.2 Å². The molecule has 3 aromatic carbocycles. The van der Waals surface area contributed by atoms with Gasteiger partial charge in [0, 0.05) is 55.7 Å². The monoisotopic (exact) mass is 610 g/mol.